The molecule has 1 unspecified atom stereocenters. The average Bonchev–Trinajstić information content (AvgIpc) is 3.21. The number of hydrogen-bond acceptors (Lipinski definition) is 6. The van der Waals surface area contributed by atoms with Gasteiger partial charge in [0.15, 0.2) is 5.69 Å². The molecule has 4 N–H and O–H groups in total. The monoisotopic (exact) mass is 442 g/mol. The number of aromatic nitrogens is 3. The number of nitrogens with zero attached hydrogens (tertiary/aromatic N) is 3. The number of aliphatic hydroxyl groups is 1. The van der Waals surface area contributed by atoms with Crippen molar-refractivity contribution in [1.82, 2.24) is 20.5 Å². The van der Waals surface area contributed by atoms with Crippen LogP contribution in [0, 0.1) is 11.2 Å². The van der Waals surface area contributed by atoms with Gasteiger partial charge in [-0.05, 0) is 42.2 Å². The van der Waals surface area contributed by atoms with Gasteiger partial charge >= 0.3 is 5.97 Å². The van der Waals surface area contributed by atoms with Crippen molar-refractivity contribution < 1.29 is 29.4 Å². The Morgan fingerprint density at radius 1 is 1.19 bits per heavy atom. The standard InChI is InChI=1S/C22H23FN4O5/c1-22(13-28,21(30)31)11-16(24-20(29)19-12-27(32)26-25-19)10-14-6-8-15(9-7-14)17-4-2-3-5-18(17)23/h2-9,12,16,28,32H,10-11,13H2,1H3,(H,24,29)(H,30,31)/t16-,22?/m1/s1. The van der Waals surface area contributed by atoms with Gasteiger partial charge in [0.25, 0.3) is 5.91 Å². The van der Waals surface area contributed by atoms with Gasteiger partial charge in [0.05, 0.1) is 18.2 Å². The van der Waals surface area contributed by atoms with E-state index >= 15 is 0 Å². The van der Waals surface area contributed by atoms with E-state index in [1.807, 2.05) is 0 Å². The summed E-state index contributed by atoms with van der Waals surface area (Å²) in [4.78, 5) is 24.5. The zero-order valence-electron chi connectivity index (χ0n) is 17.3. The van der Waals surface area contributed by atoms with Crippen molar-refractivity contribution in [2.75, 3.05) is 6.61 Å². The molecule has 0 aliphatic heterocycles. The van der Waals surface area contributed by atoms with Gasteiger partial charge in [-0.25, -0.2) is 4.39 Å². The minimum atomic E-state index is -1.49. The molecular formula is C22H23FN4O5. The van der Waals surface area contributed by atoms with Crippen molar-refractivity contribution in [2.45, 2.75) is 25.8 Å². The molecule has 0 aliphatic rings. The van der Waals surface area contributed by atoms with Crippen molar-refractivity contribution in [2.24, 2.45) is 5.41 Å². The Hall–Kier alpha value is -3.79. The third-order valence-electron chi connectivity index (χ3n) is 5.23. The molecule has 0 radical (unpaired) electrons. The van der Waals surface area contributed by atoms with E-state index in [9.17, 15) is 29.4 Å². The number of aliphatic carboxylic acids is 1. The molecule has 10 heteroatoms. The normalized spacial score (nSPS) is 13.8. The van der Waals surface area contributed by atoms with Crippen LogP contribution >= 0.6 is 0 Å². The van der Waals surface area contributed by atoms with Crippen LogP contribution in [0.5, 0.6) is 0 Å². The van der Waals surface area contributed by atoms with E-state index in [0.717, 1.165) is 11.8 Å². The molecule has 168 valence electrons. The molecule has 32 heavy (non-hydrogen) atoms. The lowest BCUT2D eigenvalue weighted by Crippen LogP contribution is -2.44. The lowest BCUT2D eigenvalue weighted by atomic mass is 9.82. The topological polar surface area (TPSA) is 138 Å². The number of hydrogen-bond donors (Lipinski definition) is 4. The van der Waals surface area contributed by atoms with Gasteiger partial charge in [0.2, 0.25) is 0 Å². The summed E-state index contributed by atoms with van der Waals surface area (Å²) in [6.45, 7) is 0.771. The van der Waals surface area contributed by atoms with E-state index in [0.29, 0.717) is 16.0 Å². The fourth-order valence-corrected chi connectivity index (χ4v) is 3.36. The lowest BCUT2D eigenvalue weighted by Gasteiger charge is -2.28. The molecule has 1 heterocycles. The Morgan fingerprint density at radius 2 is 1.88 bits per heavy atom. The largest absolute Gasteiger partial charge is 0.481 e. The summed E-state index contributed by atoms with van der Waals surface area (Å²) in [7, 11) is 0. The number of carboxylic acid groups (broad SMARTS) is 1. The van der Waals surface area contributed by atoms with E-state index < -0.39 is 29.9 Å². The summed E-state index contributed by atoms with van der Waals surface area (Å²) in [6.07, 6.45) is 1.20. The smallest absolute Gasteiger partial charge is 0.311 e. The fourth-order valence-electron chi connectivity index (χ4n) is 3.36. The minimum absolute atomic E-state index is 0.0626. The van der Waals surface area contributed by atoms with E-state index in [1.54, 1.807) is 42.5 Å². The minimum Gasteiger partial charge on any atom is -0.481 e. The van der Waals surface area contributed by atoms with Gasteiger partial charge in [-0.2, -0.15) is 0 Å². The van der Waals surface area contributed by atoms with Gasteiger partial charge in [0.1, 0.15) is 5.82 Å². The second-order valence-electron chi connectivity index (χ2n) is 7.80. The maximum atomic E-state index is 14.0. The Labute approximate surface area is 183 Å². The SMILES string of the molecule is CC(CO)(C[C@@H](Cc1ccc(-c2ccccc2F)cc1)NC(=O)c1cn(O)nn1)C(=O)O. The van der Waals surface area contributed by atoms with Crippen LogP contribution in [0.4, 0.5) is 4.39 Å². The molecule has 9 nitrogen and oxygen atoms in total. The number of aliphatic hydroxyl groups excluding tert-OH is 1. The van der Waals surface area contributed by atoms with Gasteiger partial charge in [-0.1, -0.05) is 47.3 Å². The first-order valence-corrected chi connectivity index (χ1v) is 9.82. The molecule has 0 saturated carbocycles. The number of amides is 1. The second-order valence-corrected chi connectivity index (χ2v) is 7.80. The van der Waals surface area contributed by atoms with Crippen molar-refractivity contribution in [3.8, 4) is 11.1 Å². The molecule has 0 fully saturated rings. The number of rotatable bonds is 9. The maximum Gasteiger partial charge on any atom is 0.311 e. The maximum absolute atomic E-state index is 14.0. The third-order valence-corrected chi connectivity index (χ3v) is 5.23. The fraction of sp³-hybridized carbons (Fsp3) is 0.273. The Kier molecular flexibility index (Phi) is 6.84. The predicted octanol–water partition coefficient (Wildman–Crippen LogP) is 2.14. The van der Waals surface area contributed by atoms with Crippen molar-refractivity contribution >= 4 is 11.9 Å². The number of carboxylic acids is 1. The molecule has 0 bridgehead atoms. The first-order valence-electron chi connectivity index (χ1n) is 9.82. The van der Waals surface area contributed by atoms with Crippen LogP contribution < -0.4 is 5.32 Å². The third kappa shape index (κ3) is 5.27. The van der Waals surface area contributed by atoms with Crippen LogP contribution in [0.15, 0.2) is 54.7 Å². The number of halogens is 1. The molecule has 2 atom stereocenters. The van der Waals surface area contributed by atoms with Crippen molar-refractivity contribution in [1.29, 1.82) is 0 Å². The summed E-state index contributed by atoms with van der Waals surface area (Å²) in [5.41, 5.74) is 0.271. The Balaban J connectivity index is 1.82. The molecule has 0 spiro atoms. The molecule has 0 saturated heterocycles. The van der Waals surface area contributed by atoms with E-state index in [2.05, 4.69) is 15.6 Å². The number of carbonyl (C=O) groups is 2. The Morgan fingerprint density at radius 3 is 2.44 bits per heavy atom. The van der Waals surface area contributed by atoms with Gasteiger partial charge in [-0.3, -0.25) is 9.59 Å². The number of benzene rings is 2. The molecule has 3 rings (SSSR count). The molecule has 1 aromatic heterocycles. The summed E-state index contributed by atoms with van der Waals surface area (Å²) < 4.78 is 14.0. The molecule has 1 amide bonds. The highest BCUT2D eigenvalue weighted by atomic mass is 19.1. The van der Waals surface area contributed by atoms with Crippen molar-refractivity contribution in [3.05, 3.63) is 71.8 Å². The summed E-state index contributed by atoms with van der Waals surface area (Å²) in [5, 5.41) is 37.9. The van der Waals surface area contributed by atoms with E-state index in [1.165, 1.54) is 13.0 Å². The zero-order valence-corrected chi connectivity index (χ0v) is 17.3. The van der Waals surface area contributed by atoms with Crippen LogP contribution in [0.1, 0.15) is 29.4 Å². The van der Waals surface area contributed by atoms with Gasteiger partial charge in [-0.15, -0.1) is 5.10 Å². The number of nitrogens with one attached hydrogen (secondary N) is 1. The predicted molar refractivity (Wildman–Crippen MR) is 111 cm³/mol. The first kappa shape index (κ1) is 22.9. The highest BCUT2D eigenvalue weighted by Gasteiger charge is 2.36. The Bertz CT molecular complexity index is 1100. The van der Waals surface area contributed by atoms with E-state index in [4.69, 9.17) is 0 Å². The summed E-state index contributed by atoms with van der Waals surface area (Å²) in [5.74, 6) is -2.19. The quantitative estimate of drug-likeness (QED) is 0.373. The summed E-state index contributed by atoms with van der Waals surface area (Å²) >= 11 is 0. The second kappa shape index (κ2) is 9.56. The average molecular weight is 442 g/mol. The van der Waals surface area contributed by atoms with E-state index in [-0.39, 0.29) is 24.4 Å². The lowest BCUT2D eigenvalue weighted by molar-refractivity contribution is -0.151. The molecule has 3 aromatic rings. The molecule has 0 aliphatic carbocycles. The van der Waals surface area contributed by atoms with Crippen LogP contribution in [-0.4, -0.2) is 55.1 Å². The van der Waals surface area contributed by atoms with Crippen LogP contribution in [0.3, 0.4) is 0 Å². The molecule has 2 aromatic carbocycles. The highest BCUT2D eigenvalue weighted by molar-refractivity contribution is 5.92. The van der Waals surface area contributed by atoms with Gasteiger partial charge < -0.3 is 20.7 Å². The summed E-state index contributed by atoms with van der Waals surface area (Å²) in [6, 6.07) is 12.7. The number of carbonyl (C=O) groups excluding carboxylic acids is 1. The highest BCUT2D eigenvalue weighted by Crippen LogP contribution is 2.26. The van der Waals surface area contributed by atoms with Crippen LogP contribution in [0.25, 0.3) is 11.1 Å². The first-order chi connectivity index (χ1) is 15.2. The molecular weight excluding hydrogens is 419 g/mol. The van der Waals surface area contributed by atoms with Gasteiger partial charge in [0, 0.05) is 11.6 Å². The van der Waals surface area contributed by atoms with Crippen molar-refractivity contribution in [3.63, 3.8) is 0 Å². The zero-order chi connectivity index (χ0) is 23.3. The van der Waals surface area contributed by atoms with Crippen LogP contribution in [0.2, 0.25) is 0 Å². The van der Waals surface area contributed by atoms with Crippen LogP contribution in [-0.2, 0) is 11.2 Å².